The number of rotatable bonds is 7. The number of nitrogens with zero attached hydrogens (tertiary/aromatic N) is 3. The molecule has 0 saturated carbocycles. The number of hydrogen-bond donors (Lipinski definition) is 2. The van der Waals surface area contributed by atoms with E-state index in [0.29, 0.717) is 0 Å². The fourth-order valence-corrected chi connectivity index (χ4v) is 4.02. The van der Waals surface area contributed by atoms with Gasteiger partial charge in [-0.15, -0.1) is 0 Å². The molecule has 0 bridgehead atoms. The predicted octanol–water partition coefficient (Wildman–Crippen LogP) is 2.76. The molecule has 2 aliphatic heterocycles. The molecule has 4 rings (SSSR count). The van der Waals surface area contributed by atoms with Crippen molar-refractivity contribution >= 4 is 11.6 Å². The number of hydrogen-bond acceptors (Lipinski definition) is 4. The van der Waals surface area contributed by atoms with Crippen LogP contribution in [0.3, 0.4) is 0 Å². The van der Waals surface area contributed by atoms with Gasteiger partial charge in [-0.1, -0.05) is 48.6 Å². The van der Waals surface area contributed by atoms with Crippen LogP contribution >= 0.6 is 0 Å². The van der Waals surface area contributed by atoms with Gasteiger partial charge in [0, 0.05) is 58.5 Å². The number of morpholine rings is 1. The lowest BCUT2D eigenvalue weighted by Gasteiger charge is -2.27. The first-order valence-electron chi connectivity index (χ1n) is 11.1. The van der Waals surface area contributed by atoms with Crippen molar-refractivity contribution in [2.45, 2.75) is 19.6 Å². The van der Waals surface area contributed by atoms with E-state index in [1.54, 1.807) is 0 Å². The number of aliphatic imine (C=N–C) groups is 1. The minimum Gasteiger partial charge on any atom is -0.379 e. The van der Waals surface area contributed by atoms with E-state index >= 15 is 0 Å². The van der Waals surface area contributed by atoms with Gasteiger partial charge in [0.15, 0.2) is 5.96 Å². The number of guanidine groups is 1. The summed E-state index contributed by atoms with van der Waals surface area (Å²) in [4.78, 5) is 9.23. The zero-order chi connectivity index (χ0) is 21.3. The zero-order valence-corrected chi connectivity index (χ0v) is 18.4. The fraction of sp³-hybridized carbons (Fsp3) is 0.400. The summed E-state index contributed by atoms with van der Waals surface area (Å²) in [5, 5.41) is 6.93. The Balaban J connectivity index is 1.30. The number of anilines is 1. The second kappa shape index (κ2) is 11.0. The first-order chi connectivity index (χ1) is 15.3. The molecule has 164 valence electrons. The Morgan fingerprint density at radius 2 is 1.68 bits per heavy atom. The van der Waals surface area contributed by atoms with Crippen LogP contribution in [-0.2, 0) is 24.4 Å². The number of ether oxygens (including phenoxy) is 1. The van der Waals surface area contributed by atoms with E-state index in [9.17, 15) is 0 Å². The molecule has 2 aromatic carbocycles. The molecule has 0 atom stereocenters. The van der Waals surface area contributed by atoms with E-state index in [-0.39, 0.29) is 0 Å². The quantitative estimate of drug-likeness (QED) is 0.411. The maximum absolute atomic E-state index is 5.48. The monoisotopic (exact) mass is 419 g/mol. The van der Waals surface area contributed by atoms with Crippen LogP contribution in [0.1, 0.15) is 16.7 Å². The van der Waals surface area contributed by atoms with E-state index in [0.717, 1.165) is 65.0 Å². The first kappa shape index (κ1) is 21.4. The topological polar surface area (TPSA) is 52.1 Å². The highest BCUT2D eigenvalue weighted by Gasteiger charge is 2.13. The van der Waals surface area contributed by atoms with Crippen LogP contribution in [0.4, 0.5) is 5.69 Å². The van der Waals surface area contributed by atoms with Crippen LogP contribution in [-0.4, -0.2) is 57.3 Å². The Kier molecular flexibility index (Phi) is 7.58. The van der Waals surface area contributed by atoms with Gasteiger partial charge < -0.3 is 20.3 Å². The Morgan fingerprint density at radius 3 is 2.45 bits per heavy atom. The Bertz CT molecular complexity index is 896. The standard InChI is InChI=1S/C25H33N5O/c1-26-25(27-18-21-7-6-10-24(17-21)30-11-4-5-12-30)28-19-22-8-2-3-9-23(22)20-29-13-15-31-16-14-29/h2-10,17H,11-16,18-20H2,1H3,(H2,26,27,28). The molecule has 0 amide bonds. The summed E-state index contributed by atoms with van der Waals surface area (Å²) < 4.78 is 5.48. The molecular formula is C25H33N5O. The van der Waals surface area contributed by atoms with E-state index in [1.165, 1.54) is 22.4 Å². The average Bonchev–Trinajstić information content (AvgIpc) is 3.36. The van der Waals surface area contributed by atoms with Crippen molar-refractivity contribution in [3.8, 4) is 0 Å². The molecule has 0 unspecified atom stereocenters. The van der Waals surface area contributed by atoms with Gasteiger partial charge in [-0.2, -0.15) is 0 Å². The van der Waals surface area contributed by atoms with Crippen molar-refractivity contribution < 1.29 is 4.74 Å². The third kappa shape index (κ3) is 6.09. The Morgan fingerprint density at radius 1 is 0.935 bits per heavy atom. The lowest BCUT2D eigenvalue weighted by Crippen LogP contribution is -2.37. The second-order valence-electron chi connectivity index (χ2n) is 7.98. The van der Waals surface area contributed by atoms with Gasteiger partial charge in [-0.3, -0.25) is 9.89 Å². The van der Waals surface area contributed by atoms with Crippen molar-refractivity contribution in [3.63, 3.8) is 0 Å². The molecule has 0 spiro atoms. The molecule has 0 aromatic heterocycles. The van der Waals surface area contributed by atoms with E-state index in [2.05, 4.69) is 86.1 Å². The van der Waals surface area contributed by atoms with Gasteiger partial charge in [-0.25, -0.2) is 0 Å². The largest absolute Gasteiger partial charge is 0.379 e. The first-order valence-corrected chi connectivity index (χ1v) is 11.1. The van der Waals surface area contributed by atoms with Crippen LogP contribution < -0.4 is 15.5 Å². The third-order valence-corrected chi connectivity index (χ3v) is 5.84. The normalized spacial score (nSPS) is 17.2. The molecule has 31 heavy (non-hydrogen) atoms. The molecule has 2 N–H and O–H groups in total. The molecular weight excluding hydrogens is 386 g/mol. The highest BCUT2D eigenvalue weighted by molar-refractivity contribution is 5.79. The van der Waals surface area contributed by atoms with Crippen molar-refractivity contribution in [1.29, 1.82) is 0 Å². The van der Waals surface area contributed by atoms with Crippen LogP contribution in [0.15, 0.2) is 65.7 Å². The van der Waals surface area contributed by atoms with Crippen LogP contribution in [0.5, 0.6) is 0 Å². The molecule has 2 heterocycles. The Hall–Kier alpha value is -2.83. The summed E-state index contributed by atoms with van der Waals surface area (Å²) in [6.07, 6.45) is 4.43. The molecule has 6 heteroatoms. The SMILES string of the molecule is CN=C(NCc1cccc(N2CC=CC2)c1)NCc1ccccc1CN1CCOCC1. The van der Waals surface area contributed by atoms with Crippen LogP contribution in [0.25, 0.3) is 0 Å². The van der Waals surface area contributed by atoms with Gasteiger partial charge in [0.25, 0.3) is 0 Å². The van der Waals surface area contributed by atoms with Gasteiger partial charge in [0.1, 0.15) is 0 Å². The summed E-state index contributed by atoms with van der Waals surface area (Å²) in [6.45, 7) is 8.08. The van der Waals surface area contributed by atoms with Gasteiger partial charge >= 0.3 is 0 Å². The molecule has 1 fully saturated rings. The van der Waals surface area contributed by atoms with Crippen molar-refractivity contribution in [1.82, 2.24) is 15.5 Å². The van der Waals surface area contributed by atoms with Gasteiger partial charge in [0.05, 0.1) is 13.2 Å². The zero-order valence-electron chi connectivity index (χ0n) is 18.4. The number of nitrogens with one attached hydrogen (secondary N) is 2. The van der Waals surface area contributed by atoms with E-state index in [4.69, 9.17) is 4.74 Å². The molecule has 1 saturated heterocycles. The van der Waals surface area contributed by atoms with Gasteiger partial charge in [0.2, 0.25) is 0 Å². The lowest BCUT2D eigenvalue weighted by molar-refractivity contribution is 0.0341. The summed E-state index contributed by atoms with van der Waals surface area (Å²) in [5.41, 5.74) is 5.18. The molecule has 0 radical (unpaired) electrons. The van der Waals surface area contributed by atoms with Gasteiger partial charge in [-0.05, 0) is 28.8 Å². The minimum atomic E-state index is 0.740. The fourth-order valence-electron chi connectivity index (χ4n) is 4.02. The summed E-state index contributed by atoms with van der Waals surface area (Å²) in [7, 11) is 1.82. The van der Waals surface area contributed by atoms with Crippen molar-refractivity contribution in [2.75, 3.05) is 51.3 Å². The minimum absolute atomic E-state index is 0.740. The summed E-state index contributed by atoms with van der Waals surface area (Å²) in [6, 6.07) is 17.4. The van der Waals surface area contributed by atoms with Crippen molar-refractivity contribution in [2.24, 2.45) is 4.99 Å². The van der Waals surface area contributed by atoms with Crippen LogP contribution in [0.2, 0.25) is 0 Å². The molecule has 2 aromatic rings. The lowest BCUT2D eigenvalue weighted by atomic mass is 10.1. The predicted molar refractivity (Wildman–Crippen MR) is 127 cm³/mol. The highest BCUT2D eigenvalue weighted by Crippen LogP contribution is 2.18. The maximum atomic E-state index is 5.48. The average molecular weight is 420 g/mol. The van der Waals surface area contributed by atoms with Crippen molar-refractivity contribution in [3.05, 3.63) is 77.4 Å². The molecule has 6 nitrogen and oxygen atoms in total. The summed E-state index contributed by atoms with van der Waals surface area (Å²) in [5.74, 6) is 0.814. The molecule has 2 aliphatic rings. The third-order valence-electron chi connectivity index (χ3n) is 5.84. The van der Waals surface area contributed by atoms with E-state index in [1.807, 2.05) is 7.05 Å². The van der Waals surface area contributed by atoms with E-state index < -0.39 is 0 Å². The maximum Gasteiger partial charge on any atom is 0.191 e. The van der Waals surface area contributed by atoms with Crippen LogP contribution in [0, 0.1) is 0 Å². The second-order valence-corrected chi connectivity index (χ2v) is 7.98. The number of benzene rings is 2. The smallest absolute Gasteiger partial charge is 0.191 e. The Labute approximate surface area is 185 Å². The summed E-state index contributed by atoms with van der Waals surface area (Å²) >= 11 is 0. The highest BCUT2D eigenvalue weighted by atomic mass is 16.5. The molecule has 0 aliphatic carbocycles.